The van der Waals surface area contributed by atoms with Crippen LogP contribution in [-0.2, 0) is 11.3 Å². The molecule has 1 amide bonds. The maximum atomic E-state index is 11.8. The molecule has 0 aliphatic heterocycles. The van der Waals surface area contributed by atoms with E-state index >= 15 is 0 Å². The van der Waals surface area contributed by atoms with Gasteiger partial charge in [0.15, 0.2) is 0 Å². The summed E-state index contributed by atoms with van der Waals surface area (Å²) in [6.45, 7) is 0.152. The predicted octanol–water partition coefficient (Wildman–Crippen LogP) is 3.07. The van der Waals surface area contributed by atoms with Gasteiger partial charge in [0.05, 0.1) is 12.7 Å². The van der Waals surface area contributed by atoms with E-state index < -0.39 is 5.97 Å². The molecule has 2 aromatic carbocycles. The van der Waals surface area contributed by atoms with Crippen molar-refractivity contribution in [3.05, 3.63) is 64.2 Å². The summed E-state index contributed by atoms with van der Waals surface area (Å²) in [7, 11) is 2.87. The summed E-state index contributed by atoms with van der Waals surface area (Å²) < 4.78 is 10.4. The van der Waals surface area contributed by atoms with Crippen molar-refractivity contribution in [2.75, 3.05) is 14.2 Å². The van der Waals surface area contributed by atoms with E-state index in [9.17, 15) is 9.59 Å². The average molecular weight is 334 g/mol. The molecule has 5 nitrogen and oxygen atoms in total. The predicted molar refractivity (Wildman–Crippen MR) is 87.0 cm³/mol. The fraction of sp³-hybridized carbons (Fsp3) is 0.176. The molecule has 0 aliphatic rings. The zero-order chi connectivity index (χ0) is 16.8. The number of esters is 1. The number of rotatable bonds is 5. The minimum Gasteiger partial charge on any atom is -0.489 e. The summed E-state index contributed by atoms with van der Waals surface area (Å²) in [6.07, 6.45) is 0. The van der Waals surface area contributed by atoms with Gasteiger partial charge in [-0.3, -0.25) is 4.79 Å². The van der Waals surface area contributed by atoms with Crippen molar-refractivity contribution in [2.45, 2.75) is 6.61 Å². The van der Waals surface area contributed by atoms with Crippen LogP contribution in [0.4, 0.5) is 0 Å². The Hall–Kier alpha value is -2.53. The SMILES string of the molecule is CNC(=O)c1cccc(OCc2ccc(Cl)cc2C(=O)OC)c1. The van der Waals surface area contributed by atoms with Gasteiger partial charge < -0.3 is 14.8 Å². The van der Waals surface area contributed by atoms with Crippen molar-refractivity contribution in [1.29, 1.82) is 0 Å². The number of hydrogen-bond donors (Lipinski definition) is 1. The Morgan fingerprint density at radius 2 is 1.96 bits per heavy atom. The van der Waals surface area contributed by atoms with Gasteiger partial charge in [0.1, 0.15) is 12.4 Å². The summed E-state index contributed by atoms with van der Waals surface area (Å²) in [6, 6.07) is 11.7. The molecule has 0 saturated carbocycles. The molecular weight excluding hydrogens is 318 g/mol. The van der Waals surface area contributed by atoms with Crippen LogP contribution in [0.25, 0.3) is 0 Å². The topological polar surface area (TPSA) is 64.6 Å². The highest BCUT2D eigenvalue weighted by Gasteiger charge is 2.13. The first-order valence-corrected chi connectivity index (χ1v) is 7.24. The zero-order valence-electron chi connectivity index (χ0n) is 12.8. The Morgan fingerprint density at radius 3 is 2.65 bits per heavy atom. The maximum absolute atomic E-state index is 11.8. The number of carbonyl (C=O) groups excluding carboxylic acids is 2. The van der Waals surface area contributed by atoms with E-state index in [1.54, 1.807) is 43.4 Å². The van der Waals surface area contributed by atoms with E-state index in [0.717, 1.165) is 0 Å². The third kappa shape index (κ3) is 4.23. The lowest BCUT2D eigenvalue weighted by atomic mass is 10.1. The van der Waals surface area contributed by atoms with E-state index in [2.05, 4.69) is 5.32 Å². The maximum Gasteiger partial charge on any atom is 0.338 e. The van der Waals surface area contributed by atoms with Gasteiger partial charge in [0, 0.05) is 23.2 Å². The fourth-order valence-electron chi connectivity index (χ4n) is 2.01. The fourth-order valence-corrected chi connectivity index (χ4v) is 2.18. The summed E-state index contributed by atoms with van der Waals surface area (Å²) in [5.74, 6) is -0.153. The van der Waals surface area contributed by atoms with Crippen LogP contribution in [0.15, 0.2) is 42.5 Å². The van der Waals surface area contributed by atoms with Crippen LogP contribution in [-0.4, -0.2) is 26.0 Å². The number of hydrogen-bond acceptors (Lipinski definition) is 4. The lowest BCUT2D eigenvalue weighted by Crippen LogP contribution is -2.17. The van der Waals surface area contributed by atoms with Gasteiger partial charge in [-0.25, -0.2) is 4.79 Å². The van der Waals surface area contributed by atoms with Crippen molar-refractivity contribution in [1.82, 2.24) is 5.32 Å². The normalized spacial score (nSPS) is 10.0. The summed E-state index contributed by atoms with van der Waals surface area (Å²) >= 11 is 5.91. The van der Waals surface area contributed by atoms with Crippen molar-refractivity contribution >= 4 is 23.5 Å². The number of carbonyl (C=O) groups is 2. The molecular formula is C17H16ClNO4. The van der Waals surface area contributed by atoms with E-state index in [1.165, 1.54) is 13.2 Å². The molecule has 0 heterocycles. The Kier molecular flexibility index (Phi) is 5.60. The molecule has 0 spiro atoms. The molecule has 0 saturated heterocycles. The van der Waals surface area contributed by atoms with E-state index in [1.807, 2.05) is 0 Å². The van der Waals surface area contributed by atoms with Gasteiger partial charge >= 0.3 is 5.97 Å². The lowest BCUT2D eigenvalue weighted by molar-refractivity contribution is 0.0597. The average Bonchev–Trinajstić information content (AvgIpc) is 2.59. The number of benzene rings is 2. The van der Waals surface area contributed by atoms with Gasteiger partial charge in [-0.2, -0.15) is 0 Å². The first kappa shape index (κ1) is 16.8. The van der Waals surface area contributed by atoms with Crippen LogP contribution in [0.5, 0.6) is 5.75 Å². The molecule has 0 radical (unpaired) electrons. The molecule has 0 bridgehead atoms. The number of nitrogens with one attached hydrogen (secondary N) is 1. The third-order valence-electron chi connectivity index (χ3n) is 3.19. The number of ether oxygens (including phenoxy) is 2. The van der Waals surface area contributed by atoms with Crippen LogP contribution in [0.3, 0.4) is 0 Å². The number of methoxy groups -OCH3 is 1. The summed E-state index contributed by atoms with van der Waals surface area (Å²) in [5, 5.41) is 2.99. The molecule has 120 valence electrons. The zero-order valence-corrected chi connectivity index (χ0v) is 13.5. The lowest BCUT2D eigenvalue weighted by Gasteiger charge is -2.11. The van der Waals surface area contributed by atoms with Crippen LogP contribution >= 0.6 is 11.6 Å². The second-order valence-corrected chi connectivity index (χ2v) is 5.13. The quantitative estimate of drug-likeness (QED) is 0.854. The van der Waals surface area contributed by atoms with Crippen molar-refractivity contribution in [3.8, 4) is 5.75 Å². The molecule has 0 fully saturated rings. The third-order valence-corrected chi connectivity index (χ3v) is 3.43. The monoisotopic (exact) mass is 333 g/mol. The van der Waals surface area contributed by atoms with Crippen LogP contribution in [0.2, 0.25) is 5.02 Å². The second-order valence-electron chi connectivity index (χ2n) is 4.69. The molecule has 0 aromatic heterocycles. The molecule has 1 N–H and O–H groups in total. The van der Waals surface area contributed by atoms with Gasteiger partial charge in [-0.15, -0.1) is 0 Å². The number of halogens is 1. The molecule has 0 unspecified atom stereocenters. The smallest absolute Gasteiger partial charge is 0.338 e. The highest BCUT2D eigenvalue weighted by Crippen LogP contribution is 2.20. The van der Waals surface area contributed by atoms with Crippen LogP contribution in [0.1, 0.15) is 26.3 Å². The Labute approximate surface area is 139 Å². The summed E-state index contributed by atoms with van der Waals surface area (Å²) in [5.41, 5.74) is 1.49. The van der Waals surface area contributed by atoms with Gasteiger partial charge in [-0.1, -0.05) is 23.7 Å². The molecule has 23 heavy (non-hydrogen) atoms. The van der Waals surface area contributed by atoms with Gasteiger partial charge in [0.25, 0.3) is 5.91 Å². The summed E-state index contributed by atoms with van der Waals surface area (Å²) in [4.78, 5) is 23.4. The van der Waals surface area contributed by atoms with Crippen molar-refractivity contribution < 1.29 is 19.1 Å². The molecule has 0 aliphatic carbocycles. The van der Waals surface area contributed by atoms with Crippen molar-refractivity contribution in [2.24, 2.45) is 0 Å². The van der Waals surface area contributed by atoms with Crippen LogP contribution in [0, 0.1) is 0 Å². The van der Waals surface area contributed by atoms with E-state index in [4.69, 9.17) is 21.1 Å². The largest absolute Gasteiger partial charge is 0.489 e. The van der Waals surface area contributed by atoms with Gasteiger partial charge in [0.2, 0.25) is 0 Å². The van der Waals surface area contributed by atoms with E-state index in [0.29, 0.717) is 27.5 Å². The number of amides is 1. The second kappa shape index (κ2) is 7.65. The molecule has 6 heteroatoms. The highest BCUT2D eigenvalue weighted by atomic mass is 35.5. The van der Waals surface area contributed by atoms with Crippen LogP contribution < -0.4 is 10.1 Å². The highest BCUT2D eigenvalue weighted by molar-refractivity contribution is 6.31. The Morgan fingerprint density at radius 1 is 1.17 bits per heavy atom. The Balaban J connectivity index is 2.18. The molecule has 2 aromatic rings. The first-order valence-electron chi connectivity index (χ1n) is 6.87. The molecule has 2 rings (SSSR count). The van der Waals surface area contributed by atoms with E-state index in [-0.39, 0.29) is 12.5 Å². The minimum absolute atomic E-state index is 0.152. The Bertz CT molecular complexity index is 730. The van der Waals surface area contributed by atoms with Crippen molar-refractivity contribution in [3.63, 3.8) is 0 Å². The minimum atomic E-state index is -0.481. The standard InChI is InChI=1S/C17H16ClNO4/c1-19-16(20)11-4-3-5-14(8-11)23-10-12-6-7-13(18)9-15(12)17(21)22-2/h3-9H,10H2,1-2H3,(H,19,20). The van der Waals surface area contributed by atoms with Gasteiger partial charge in [-0.05, 0) is 30.3 Å². The first-order chi connectivity index (χ1) is 11.0. The molecule has 0 atom stereocenters.